The number of aryl methyl sites for hydroxylation is 1. The predicted octanol–water partition coefficient (Wildman–Crippen LogP) is 12.1. The third-order valence-electron chi connectivity index (χ3n) is 8.18. The molecule has 0 N–H and O–H groups in total. The van der Waals surface area contributed by atoms with Crippen LogP contribution in [0.15, 0.2) is 48.5 Å². The molecule has 0 saturated carbocycles. The molecule has 0 fully saturated rings. The zero-order valence-corrected chi connectivity index (χ0v) is 26.1. The van der Waals surface area contributed by atoms with Gasteiger partial charge >= 0.3 is 6.16 Å². The van der Waals surface area contributed by atoms with Crippen molar-refractivity contribution in [2.45, 2.75) is 143 Å². The van der Waals surface area contributed by atoms with Crippen LogP contribution in [0, 0.1) is 5.92 Å². The minimum atomic E-state index is -0.612. The highest BCUT2D eigenvalue weighted by Crippen LogP contribution is 2.24. The number of carbonyl (C=O) groups is 1. The third kappa shape index (κ3) is 16.1. The van der Waals surface area contributed by atoms with Crippen LogP contribution in [0.4, 0.5) is 4.79 Å². The summed E-state index contributed by atoms with van der Waals surface area (Å²) in [6.45, 7) is 7.28. The molecule has 1 atom stereocenters. The van der Waals surface area contributed by atoms with Crippen LogP contribution in [0.25, 0.3) is 11.1 Å². The minimum absolute atomic E-state index is 0.429. The van der Waals surface area contributed by atoms with Gasteiger partial charge in [-0.15, -0.1) is 0 Å². The summed E-state index contributed by atoms with van der Waals surface area (Å²) >= 11 is 0. The lowest BCUT2D eigenvalue weighted by molar-refractivity contribution is 0.0973. The Hall–Kier alpha value is -2.29. The van der Waals surface area contributed by atoms with E-state index in [4.69, 9.17) is 9.47 Å². The second-order valence-corrected chi connectivity index (χ2v) is 11.8. The lowest BCUT2D eigenvalue weighted by Crippen LogP contribution is -2.11. The number of hydrogen-bond donors (Lipinski definition) is 0. The maximum Gasteiger partial charge on any atom is 0.513 e. The molecule has 0 aromatic heterocycles. The van der Waals surface area contributed by atoms with Crippen LogP contribution in [0.1, 0.15) is 142 Å². The lowest BCUT2D eigenvalue weighted by Gasteiger charge is -2.09. The Morgan fingerprint density at radius 1 is 0.625 bits per heavy atom. The van der Waals surface area contributed by atoms with Gasteiger partial charge in [0.25, 0.3) is 0 Å². The van der Waals surface area contributed by atoms with E-state index in [0.717, 1.165) is 30.7 Å². The molecule has 0 amide bonds. The van der Waals surface area contributed by atoms with Gasteiger partial charge in [-0.05, 0) is 54.0 Å². The summed E-state index contributed by atoms with van der Waals surface area (Å²) in [5.41, 5.74) is 3.67. The van der Waals surface area contributed by atoms with Gasteiger partial charge in [0.05, 0.1) is 6.61 Å². The normalized spacial score (nSPS) is 11.9. The monoisotopic (exact) mass is 550 g/mol. The van der Waals surface area contributed by atoms with Crippen molar-refractivity contribution in [1.82, 2.24) is 0 Å². The van der Waals surface area contributed by atoms with Crippen LogP contribution >= 0.6 is 0 Å². The number of unbranched alkanes of at least 4 members (excludes halogenated alkanes) is 15. The van der Waals surface area contributed by atoms with E-state index in [2.05, 4.69) is 45.0 Å². The van der Waals surface area contributed by atoms with Crippen LogP contribution < -0.4 is 4.74 Å². The van der Waals surface area contributed by atoms with Gasteiger partial charge in [0, 0.05) is 0 Å². The highest BCUT2D eigenvalue weighted by molar-refractivity contribution is 5.67. The van der Waals surface area contributed by atoms with Crippen molar-refractivity contribution in [3.05, 3.63) is 54.1 Å². The van der Waals surface area contributed by atoms with Gasteiger partial charge in [0.15, 0.2) is 0 Å². The van der Waals surface area contributed by atoms with Crippen LogP contribution in [0.3, 0.4) is 0 Å². The maximum absolute atomic E-state index is 12.1. The smallest absolute Gasteiger partial charge is 0.434 e. The summed E-state index contributed by atoms with van der Waals surface area (Å²) < 4.78 is 10.6. The summed E-state index contributed by atoms with van der Waals surface area (Å²) in [6.07, 6.45) is 24.3. The number of hydrogen-bond acceptors (Lipinski definition) is 3. The molecule has 2 aromatic carbocycles. The summed E-state index contributed by atoms with van der Waals surface area (Å²) in [5, 5.41) is 0. The molecule has 2 rings (SSSR count). The quantitative estimate of drug-likeness (QED) is 0.0784. The first kappa shape index (κ1) is 33.9. The van der Waals surface area contributed by atoms with E-state index in [1.54, 1.807) is 0 Å². The van der Waals surface area contributed by atoms with E-state index in [1.807, 2.05) is 24.3 Å². The molecular formula is C37H58O3. The van der Waals surface area contributed by atoms with Crippen molar-refractivity contribution in [3.63, 3.8) is 0 Å². The first-order valence-corrected chi connectivity index (χ1v) is 16.7. The summed E-state index contributed by atoms with van der Waals surface area (Å²) in [7, 11) is 0. The molecule has 2 aromatic rings. The highest BCUT2D eigenvalue weighted by atomic mass is 16.7. The summed E-state index contributed by atoms with van der Waals surface area (Å²) in [4.78, 5) is 12.1. The zero-order chi connectivity index (χ0) is 28.7. The van der Waals surface area contributed by atoms with Gasteiger partial charge in [0.2, 0.25) is 0 Å². The van der Waals surface area contributed by atoms with Crippen molar-refractivity contribution in [2.24, 2.45) is 5.92 Å². The third-order valence-corrected chi connectivity index (χ3v) is 8.18. The molecule has 224 valence electrons. The zero-order valence-electron chi connectivity index (χ0n) is 26.1. The summed E-state index contributed by atoms with van der Waals surface area (Å²) in [6, 6.07) is 16.4. The topological polar surface area (TPSA) is 35.5 Å². The fourth-order valence-electron chi connectivity index (χ4n) is 5.13. The number of ether oxygens (including phenoxy) is 2. The van der Waals surface area contributed by atoms with Gasteiger partial charge in [-0.3, -0.25) is 0 Å². The van der Waals surface area contributed by atoms with Gasteiger partial charge in [-0.2, -0.15) is 0 Å². The molecule has 0 aliphatic heterocycles. The molecule has 3 nitrogen and oxygen atoms in total. The Balaban J connectivity index is 1.46. The van der Waals surface area contributed by atoms with E-state index < -0.39 is 6.16 Å². The fraction of sp³-hybridized carbons (Fsp3) is 0.649. The van der Waals surface area contributed by atoms with Gasteiger partial charge in [0.1, 0.15) is 5.75 Å². The van der Waals surface area contributed by atoms with Gasteiger partial charge in [-0.1, -0.05) is 160 Å². The average Bonchev–Trinajstić information content (AvgIpc) is 2.98. The van der Waals surface area contributed by atoms with E-state index in [1.165, 1.54) is 114 Å². The highest BCUT2D eigenvalue weighted by Gasteiger charge is 2.07. The lowest BCUT2D eigenvalue weighted by atomic mass is 9.97. The second-order valence-electron chi connectivity index (χ2n) is 11.8. The number of carbonyl (C=O) groups excluding carboxylic acids is 1. The molecular weight excluding hydrogens is 492 g/mol. The first-order chi connectivity index (χ1) is 19.6. The van der Waals surface area contributed by atoms with E-state index in [9.17, 15) is 4.79 Å². The predicted molar refractivity (Wildman–Crippen MR) is 171 cm³/mol. The Bertz CT molecular complexity index is 871. The molecule has 3 heteroatoms. The molecule has 0 spiro atoms. The number of benzene rings is 2. The Morgan fingerprint density at radius 3 is 1.55 bits per heavy atom. The van der Waals surface area contributed by atoms with Crippen LogP contribution in [-0.2, 0) is 11.2 Å². The van der Waals surface area contributed by atoms with Crippen LogP contribution in [-0.4, -0.2) is 12.8 Å². The van der Waals surface area contributed by atoms with Crippen LogP contribution in [0.2, 0.25) is 0 Å². The maximum atomic E-state index is 12.1. The van der Waals surface area contributed by atoms with Crippen molar-refractivity contribution in [2.75, 3.05) is 6.61 Å². The second kappa shape index (κ2) is 22.4. The van der Waals surface area contributed by atoms with Crippen molar-refractivity contribution < 1.29 is 14.3 Å². The number of rotatable bonds is 23. The average molecular weight is 551 g/mol. The van der Waals surface area contributed by atoms with Crippen LogP contribution in [0.5, 0.6) is 5.75 Å². The fourth-order valence-corrected chi connectivity index (χ4v) is 5.13. The molecule has 1 unspecified atom stereocenters. The van der Waals surface area contributed by atoms with E-state index in [0.29, 0.717) is 12.4 Å². The first-order valence-electron chi connectivity index (χ1n) is 16.7. The summed E-state index contributed by atoms with van der Waals surface area (Å²) in [5.74, 6) is 1.29. The van der Waals surface area contributed by atoms with E-state index in [-0.39, 0.29) is 0 Å². The van der Waals surface area contributed by atoms with Gasteiger partial charge < -0.3 is 9.47 Å². The molecule has 0 aliphatic rings. The largest absolute Gasteiger partial charge is 0.513 e. The van der Waals surface area contributed by atoms with Crippen molar-refractivity contribution in [3.8, 4) is 16.9 Å². The minimum Gasteiger partial charge on any atom is -0.434 e. The van der Waals surface area contributed by atoms with Crippen molar-refractivity contribution in [1.29, 1.82) is 0 Å². The molecule has 0 radical (unpaired) electrons. The Morgan fingerprint density at radius 2 is 1.07 bits per heavy atom. The van der Waals surface area contributed by atoms with Crippen molar-refractivity contribution >= 4 is 6.16 Å². The Kier molecular flexibility index (Phi) is 19.0. The molecule has 40 heavy (non-hydrogen) atoms. The molecule has 0 aliphatic carbocycles. The molecule has 0 heterocycles. The van der Waals surface area contributed by atoms with E-state index >= 15 is 0 Å². The standard InChI is InChI=1S/C37H58O3/c1-4-6-7-8-9-10-11-12-13-14-15-16-17-18-19-20-31-39-37(38)40-36-29-27-35(28-30-36)34-25-23-33(24-26-34)22-21-32(3)5-2/h23-30,32H,4-22,31H2,1-3H3. The SMILES string of the molecule is CCCCCCCCCCCCCCCCCCOC(=O)Oc1ccc(-c2ccc(CCC(C)CC)cc2)cc1. The molecule has 0 saturated heterocycles. The van der Waals surface area contributed by atoms with Gasteiger partial charge in [-0.25, -0.2) is 4.79 Å². The Labute approximate surface area is 246 Å². The molecule has 0 bridgehead atoms.